The fourth-order valence-corrected chi connectivity index (χ4v) is 3.06. The average molecular weight is 305 g/mol. The van der Waals surface area contributed by atoms with Gasteiger partial charge in [0.05, 0.1) is 19.9 Å². The molecular weight excluding hydrogens is 274 g/mol. The van der Waals surface area contributed by atoms with Gasteiger partial charge in [-0.05, 0) is 25.8 Å². The fourth-order valence-electron chi connectivity index (χ4n) is 2.16. The number of rotatable bonds is 10. The second-order valence-electron chi connectivity index (χ2n) is 5.43. The quantitative estimate of drug-likeness (QED) is 0.579. The molecule has 1 fully saturated rings. The van der Waals surface area contributed by atoms with Crippen molar-refractivity contribution in [3.05, 3.63) is 0 Å². The highest BCUT2D eigenvalue weighted by molar-refractivity contribution is 7.99. The van der Waals surface area contributed by atoms with Gasteiger partial charge in [0.1, 0.15) is 6.10 Å². The first kappa shape index (κ1) is 18.2. The average Bonchev–Trinajstić information content (AvgIpc) is 2.84. The molecular formula is C15H31NO3S. The van der Waals surface area contributed by atoms with Crippen molar-refractivity contribution in [3.8, 4) is 0 Å². The van der Waals surface area contributed by atoms with Crippen LogP contribution in [0.5, 0.6) is 0 Å². The third-order valence-electron chi connectivity index (χ3n) is 3.90. The van der Waals surface area contributed by atoms with E-state index < -0.39 is 5.79 Å². The van der Waals surface area contributed by atoms with Crippen molar-refractivity contribution in [2.24, 2.45) is 5.92 Å². The van der Waals surface area contributed by atoms with Gasteiger partial charge in [-0.3, -0.25) is 4.90 Å². The molecule has 0 saturated carbocycles. The first-order valence-electron chi connectivity index (χ1n) is 7.75. The molecule has 0 aromatic rings. The van der Waals surface area contributed by atoms with Gasteiger partial charge in [-0.1, -0.05) is 27.7 Å². The maximum Gasteiger partial charge on any atom is 0.169 e. The zero-order chi connectivity index (χ0) is 15.0. The van der Waals surface area contributed by atoms with Crippen LogP contribution in [-0.2, 0) is 14.2 Å². The Balaban J connectivity index is 2.28. The summed E-state index contributed by atoms with van der Waals surface area (Å²) in [5, 5.41) is 0. The Morgan fingerprint density at radius 2 is 2.05 bits per heavy atom. The SMILES string of the molecule is CCSCC(C)C1(C)OCC(COCN(CC)CC)O1. The maximum atomic E-state index is 6.08. The van der Waals surface area contributed by atoms with Crippen molar-refractivity contribution < 1.29 is 14.2 Å². The van der Waals surface area contributed by atoms with Gasteiger partial charge >= 0.3 is 0 Å². The van der Waals surface area contributed by atoms with Gasteiger partial charge in [0.2, 0.25) is 0 Å². The van der Waals surface area contributed by atoms with Crippen LogP contribution in [0.2, 0.25) is 0 Å². The summed E-state index contributed by atoms with van der Waals surface area (Å²) in [7, 11) is 0. The monoisotopic (exact) mass is 305 g/mol. The zero-order valence-corrected chi connectivity index (χ0v) is 14.5. The summed E-state index contributed by atoms with van der Waals surface area (Å²) in [6.07, 6.45) is 0.0599. The van der Waals surface area contributed by atoms with Crippen molar-refractivity contribution >= 4 is 11.8 Å². The summed E-state index contributed by atoms with van der Waals surface area (Å²) in [5.74, 6) is 2.14. The van der Waals surface area contributed by atoms with Crippen LogP contribution in [0, 0.1) is 5.92 Å². The van der Waals surface area contributed by atoms with Gasteiger partial charge in [0.25, 0.3) is 0 Å². The Morgan fingerprint density at radius 3 is 2.65 bits per heavy atom. The molecule has 5 heteroatoms. The molecule has 0 spiro atoms. The smallest absolute Gasteiger partial charge is 0.169 e. The number of ether oxygens (including phenoxy) is 3. The first-order chi connectivity index (χ1) is 9.55. The van der Waals surface area contributed by atoms with Gasteiger partial charge in [0.15, 0.2) is 5.79 Å². The van der Waals surface area contributed by atoms with E-state index in [0.717, 1.165) is 24.6 Å². The molecule has 1 aliphatic heterocycles. The van der Waals surface area contributed by atoms with E-state index in [0.29, 0.717) is 25.9 Å². The molecule has 1 saturated heterocycles. The van der Waals surface area contributed by atoms with E-state index in [1.54, 1.807) is 0 Å². The van der Waals surface area contributed by atoms with Crippen molar-refractivity contribution in [2.45, 2.75) is 46.5 Å². The van der Waals surface area contributed by atoms with Gasteiger partial charge in [-0.15, -0.1) is 0 Å². The standard InChI is InChI=1S/C15H31NO3S/c1-6-16(7-2)12-17-9-14-10-18-15(5,19-14)13(4)11-20-8-3/h13-14H,6-12H2,1-5H3. The van der Waals surface area contributed by atoms with Crippen LogP contribution in [0.3, 0.4) is 0 Å². The van der Waals surface area contributed by atoms with E-state index in [9.17, 15) is 0 Å². The van der Waals surface area contributed by atoms with Crippen LogP contribution < -0.4 is 0 Å². The Labute approximate surface area is 128 Å². The minimum Gasteiger partial charge on any atom is -0.363 e. The van der Waals surface area contributed by atoms with E-state index in [4.69, 9.17) is 14.2 Å². The molecule has 0 amide bonds. The molecule has 3 unspecified atom stereocenters. The fraction of sp³-hybridized carbons (Fsp3) is 1.00. The van der Waals surface area contributed by atoms with E-state index in [2.05, 4.69) is 39.5 Å². The van der Waals surface area contributed by atoms with E-state index >= 15 is 0 Å². The molecule has 0 bridgehead atoms. The van der Waals surface area contributed by atoms with Gasteiger partial charge < -0.3 is 14.2 Å². The molecule has 0 N–H and O–H groups in total. The third kappa shape index (κ3) is 5.53. The van der Waals surface area contributed by atoms with Crippen molar-refractivity contribution in [1.82, 2.24) is 4.90 Å². The summed E-state index contributed by atoms with van der Waals surface area (Å²) in [4.78, 5) is 2.25. The lowest BCUT2D eigenvalue weighted by Gasteiger charge is -2.30. The summed E-state index contributed by atoms with van der Waals surface area (Å²) in [6, 6.07) is 0. The Hall–Kier alpha value is 0.190. The normalized spacial score (nSPS) is 28.2. The second-order valence-corrected chi connectivity index (χ2v) is 6.75. The molecule has 0 aromatic heterocycles. The lowest BCUT2D eigenvalue weighted by atomic mass is 10.1. The van der Waals surface area contributed by atoms with Crippen molar-refractivity contribution in [1.29, 1.82) is 0 Å². The number of hydrogen-bond donors (Lipinski definition) is 0. The predicted molar refractivity (Wildman–Crippen MR) is 85.1 cm³/mol. The van der Waals surface area contributed by atoms with Crippen LogP contribution in [0.4, 0.5) is 0 Å². The molecule has 1 heterocycles. The summed E-state index contributed by atoms with van der Waals surface area (Å²) >= 11 is 1.93. The van der Waals surface area contributed by atoms with Gasteiger partial charge in [-0.25, -0.2) is 0 Å². The number of nitrogens with zero attached hydrogens (tertiary/aromatic N) is 1. The molecule has 0 aliphatic carbocycles. The minimum absolute atomic E-state index is 0.0599. The summed E-state index contributed by atoms with van der Waals surface area (Å²) in [6.45, 7) is 14.7. The van der Waals surface area contributed by atoms with Crippen LogP contribution in [0.1, 0.15) is 34.6 Å². The van der Waals surface area contributed by atoms with E-state index in [1.165, 1.54) is 0 Å². The van der Waals surface area contributed by atoms with E-state index in [-0.39, 0.29) is 6.10 Å². The highest BCUT2D eigenvalue weighted by atomic mass is 32.2. The third-order valence-corrected chi connectivity index (χ3v) is 5.04. The highest BCUT2D eigenvalue weighted by Crippen LogP contribution is 2.32. The van der Waals surface area contributed by atoms with Crippen LogP contribution in [0.25, 0.3) is 0 Å². The Bertz CT molecular complexity index is 264. The topological polar surface area (TPSA) is 30.9 Å². The lowest BCUT2D eigenvalue weighted by molar-refractivity contribution is -0.187. The highest BCUT2D eigenvalue weighted by Gasteiger charge is 2.41. The minimum atomic E-state index is -0.453. The Morgan fingerprint density at radius 1 is 1.35 bits per heavy atom. The molecule has 1 rings (SSSR count). The summed E-state index contributed by atoms with van der Waals surface area (Å²) < 4.78 is 17.7. The van der Waals surface area contributed by atoms with Crippen molar-refractivity contribution in [2.75, 3.05) is 44.5 Å². The molecule has 120 valence electrons. The molecule has 0 aromatic carbocycles. The van der Waals surface area contributed by atoms with Gasteiger partial charge in [-0.2, -0.15) is 11.8 Å². The predicted octanol–water partition coefficient (Wildman–Crippen LogP) is 2.82. The zero-order valence-electron chi connectivity index (χ0n) is 13.7. The van der Waals surface area contributed by atoms with Crippen LogP contribution in [0.15, 0.2) is 0 Å². The number of hydrogen-bond acceptors (Lipinski definition) is 5. The maximum absolute atomic E-state index is 6.08. The lowest BCUT2D eigenvalue weighted by Crippen LogP contribution is -2.37. The van der Waals surface area contributed by atoms with E-state index in [1.807, 2.05) is 11.8 Å². The molecule has 3 atom stereocenters. The molecule has 20 heavy (non-hydrogen) atoms. The van der Waals surface area contributed by atoms with Gasteiger partial charge in [0, 0.05) is 11.7 Å². The second kappa shape index (κ2) is 9.26. The first-order valence-corrected chi connectivity index (χ1v) is 8.90. The van der Waals surface area contributed by atoms with Crippen LogP contribution in [-0.4, -0.2) is 61.3 Å². The molecule has 4 nitrogen and oxygen atoms in total. The summed E-state index contributed by atoms with van der Waals surface area (Å²) in [5.41, 5.74) is 0. The van der Waals surface area contributed by atoms with Crippen LogP contribution >= 0.6 is 11.8 Å². The van der Waals surface area contributed by atoms with Crippen molar-refractivity contribution in [3.63, 3.8) is 0 Å². The molecule has 1 aliphatic rings. The molecule has 0 radical (unpaired) electrons. The largest absolute Gasteiger partial charge is 0.363 e. The Kier molecular flexibility index (Phi) is 8.44. The number of thioether (sulfide) groups is 1.